The first-order valence-electron chi connectivity index (χ1n) is 7.40. The van der Waals surface area contributed by atoms with E-state index in [-0.39, 0.29) is 24.3 Å². The van der Waals surface area contributed by atoms with Crippen LogP contribution in [0.5, 0.6) is 0 Å². The number of nitrogens with zero attached hydrogens (tertiary/aromatic N) is 1. The van der Waals surface area contributed by atoms with Gasteiger partial charge >= 0.3 is 0 Å². The molecule has 0 radical (unpaired) electrons. The molecule has 1 heterocycles. The second-order valence-electron chi connectivity index (χ2n) is 5.75. The van der Waals surface area contributed by atoms with E-state index in [9.17, 15) is 9.59 Å². The molecule has 0 aromatic heterocycles. The Hall–Kier alpha value is -1.14. The van der Waals surface area contributed by atoms with E-state index in [2.05, 4.69) is 19.3 Å². The van der Waals surface area contributed by atoms with E-state index in [0.717, 1.165) is 12.8 Å². The van der Waals surface area contributed by atoms with E-state index in [1.165, 1.54) is 0 Å². The van der Waals surface area contributed by atoms with Crippen LogP contribution in [0, 0.1) is 11.8 Å². The average molecular weight is 285 g/mol. The predicted molar refractivity (Wildman–Crippen MR) is 76.5 cm³/mol. The number of amides is 2. The van der Waals surface area contributed by atoms with E-state index in [1.807, 2.05) is 0 Å². The summed E-state index contributed by atoms with van der Waals surface area (Å²) in [4.78, 5) is 25.1. The molecule has 0 saturated carbocycles. The fraction of sp³-hybridized carbons (Fsp3) is 0.857. The fourth-order valence-electron chi connectivity index (χ4n) is 2.35. The van der Waals surface area contributed by atoms with Crippen LogP contribution in [0.4, 0.5) is 0 Å². The molecule has 1 aliphatic rings. The molecule has 1 aliphatic heterocycles. The van der Waals surface area contributed by atoms with Crippen molar-refractivity contribution in [2.75, 3.05) is 26.3 Å². The predicted octanol–water partition coefficient (Wildman–Crippen LogP) is 0.668. The number of hydrazine groups is 1. The highest BCUT2D eigenvalue weighted by Crippen LogP contribution is 2.17. The number of nitrogens with one attached hydrogen (secondary N) is 1. The summed E-state index contributed by atoms with van der Waals surface area (Å²) in [5.74, 6) is 5.59. The van der Waals surface area contributed by atoms with Gasteiger partial charge in [0.2, 0.25) is 11.8 Å². The Morgan fingerprint density at radius 2 is 2.00 bits per heavy atom. The molecule has 1 rings (SSSR count). The summed E-state index contributed by atoms with van der Waals surface area (Å²) in [7, 11) is 0. The van der Waals surface area contributed by atoms with Gasteiger partial charge < -0.3 is 9.64 Å². The van der Waals surface area contributed by atoms with Gasteiger partial charge in [0.25, 0.3) is 0 Å². The third-order valence-electron chi connectivity index (χ3n) is 3.66. The fourth-order valence-corrected chi connectivity index (χ4v) is 2.35. The summed E-state index contributed by atoms with van der Waals surface area (Å²) in [6, 6.07) is 0. The van der Waals surface area contributed by atoms with Crippen LogP contribution >= 0.6 is 0 Å². The highest BCUT2D eigenvalue weighted by atomic mass is 16.5. The van der Waals surface area contributed by atoms with Crippen LogP contribution < -0.4 is 11.3 Å². The van der Waals surface area contributed by atoms with Crippen LogP contribution in [0.2, 0.25) is 0 Å². The van der Waals surface area contributed by atoms with Crippen LogP contribution in [0.25, 0.3) is 0 Å². The summed E-state index contributed by atoms with van der Waals surface area (Å²) in [6.45, 7) is 6.33. The zero-order valence-electron chi connectivity index (χ0n) is 12.6. The van der Waals surface area contributed by atoms with E-state index < -0.39 is 0 Å². The lowest BCUT2D eigenvalue weighted by Gasteiger charge is -2.31. The molecule has 0 atom stereocenters. The van der Waals surface area contributed by atoms with Gasteiger partial charge in [0.05, 0.1) is 0 Å². The van der Waals surface area contributed by atoms with Gasteiger partial charge in [-0.2, -0.15) is 0 Å². The van der Waals surface area contributed by atoms with Crippen LogP contribution in [0.3, 0.4) is 0 Å². The summed E-state index contributed by atoms with van der Waals surface area (Å²) >= 11 is 0. The van der Waals surface area contributed by atoms with Crippen molar-refractivity contribution in [1.29, 1.82) is 0 Å². The first-order valence-corrected chi connectivity index (χ1v) is 7.40. The number of carbonyl (C=O) groups is 2. The number of carbonyl (C=O) groups excluding carboxylic acids is 2. The highest BCUT2D eigenvalue weighted by molar-refractivity contribution is 5.80. The third-order valence-corrected chi connectivity index (χ3v) is 3.66. The molecule has 0 spiro atoms. The Kier molecular flexibility index (Phi) is 7.54. The molecular weight excluding hydrogens is 258 g/mol. The molecule has 0 aromatic carbocycles. The minimum Gasteiger partial charge on any atom is -0.372 e. The van der Waals surface area contributed by atoms with E-state index in [0.29, 0.717) is 38.5 Å². The molecular formula is C14H27N3O3. The van der Waals surface area contributed by atoms with Crippen LogP contribution in [0.1, 0.15) is 39.5 Å². The molecule has 0 bridgehead atoms. The minimum absolute atomic E-state index is 0.0150. The van der Waals surface area contributed by atoms with Gasteiger partial charge in [0.15, 0.2) is 0 Å². The van der Waals surface area contributed by atoms with Crippen molar-refractivity contribution in [2.45, 2.75) is 39.5 Å². The second kappa shape index (κ2) is 8.92. The van der Waals surface area contributed by atoms with Crippen molar-refractivity contribution in [3.05, 3.63) is 0 Å². The van der Waals surface area contributed by atoms with Gasteiger partial charge in [0, 0.05) is 25.6 Å². The average Bonchev–Trinajstić information content (AvgIpc) is 2.45. The first-order chi connectivity index (χ1) is 9.54. The van der Waals surface area contributed by atoms with Gasteiger partial charge in [-0.25, -0.2) is 5.84 Å². The number of hydrogen-bond donors (Lipinski definition) is 2. The van der Waals surface area contributed by atoms with Gasteiger partial charge in [-0.3, -0.25) is 15.0 Å². The quantitative estimate of drug-likeness (QED) is 0.311. The lowest BCUT2D eigenvalue weighted by atomic mass is 9.96. The Morgan fingerprint density at radius 3 is 2.55 bits per heavy atom. The monoisotopic (exact) mass is 285 g/mol. The van der Waals surface area contributed by atoms with E-state index in [4.69, 9.17) is 10.6 Å². The van der Waals surface area contributed by atoms with E-state index >= 15 is 0 Å². The third kappa shape index (κ3) is 5.88. The first kappa shape index (κ1) is 16.9. The Labute approximate surface area is 121 Å². The molecule has 0 unspecified atom stereocenters. The van der Waals surface area contributed by atoms with Gasteiger partial charge in [-0.1, -0.05) is 13.8 Å². The number of likely N-dealkylation sites (tertiary alicyclic amines) is 1. The molecule has 0 aliphatic carbocycles. The van der Waals surface area contributed by atoms with E-state index in [1.54, 1.807) is 4.90 Å². The summed E-state index contributed by atoms with van der Waals surface area (Å²) in [6.07, 6.45) is 3.45. The topological polar surface area (TPSA) is 84.7 Å². The minimum atomic E-state index is -0.137. The Morgan fingerprint density at radius 1 is 1.35 bits per heavy atom. The number of nitrogens with two attached hydrogens (primary N) is 1. The molecule has 116 valence electrons. The van der Waals surface area contributed by atoms with Crippen LogP contribution in [-0.4, -0.2) is 43.0 Å². The molecule has 3 N–H and O–H groups in total. The van der Waals surface area contributed by atoms with Crippen molar-refractivity contribution >= 4 is 11.8 Å². The van der Waals surface area contributed by atoms with Crippen LogP contribution in [0.15, 0.2) is 0 Å². The number of piperidine rings is 1. The molecule has 1 saturated heterocycles. The maximum Gasteiger partial charge on any atom is 0.248 e. The maximum absolute atomic E-state index is 11.9. The second-order valence-corrected chi connectivity index (χ2v) is 5.75. The van der Waals surface area contributed by atoms with Crippen molar-refractivity contribution in [3.8, 4) is 0 Å². The van der Waals surface area contributed by atoms with Crippen LogP contribution in [-0.2, 0) is 14.3 Å². The van der Waals surface area contributed by atoms with Crippen molar-refractivity contribution in [3.63, 3.8) is 0 Å². The Balaban J connectivity index is 2.14. The molecule has 6 heteroatoms. The van der Waals surface area contributed by atoms with Crippen molar-refractivity contribution in [1.82, 2.24) is 10.3 Å². The SMILES string of the molecule is CC(C)CCCOCC(=O)N1CCC(C(=O)NN)CC1. The maximum atomic E-state index is 11.9. The molecule has 6 nitrogen and oxygen atoms in total. The summed E-state index contributed by atoms with van der Waals surface area (Å²) < 4.78 is 5.40. The molecule has 20 heavy (non-hydrogen) atoms. The summed E-state index contributed by atoms with van der Waals surface area (Å²) in [5.41, 5.74) is 2.17. The lowest BCUT2D eigenvalue weighted by molar-refractivity contribution is -0.139. The molecule has 2 amide bonds. The Bertz CT molecular complexity index is 313. The largest absolute Gasteiger partial charge is 0.372 e. The summed E-state index contributed by atoms with van der Waals surface area (Å²) in [5, 5.41) is 0. The number of hydrogen-bond acceptors (Lipinski definition) is 4. The van der Waals surface area contributed by atoms with Gasteiger partial charge in [-0.15, -0.1) is 0 Å². The highest BCUT2D eigenvalue weighted by Gasteiger charge is 2.26. The van der Waals surface area contributed by atoms with Gasteiger partial charge in [-0.05, 0) is 31.6 Å². The number of rotatable bonds is 7. The number of ether oxygens (including phenoxy) is 1. The standard InChI is InChI=1S/C14H27N3O3/c1-11(2)4-3-9-20-10-13(18)17-7-5-12(6-8-17)14(19)16-15/h11-12H,3-10,15H2,1-2H3,(H,16,19). The normalized spacial score (nSPS) is 16.5. The molecule has 0 aromatic rings. The molecule has 1 fully saturated rings. The smallest absolute Gasteiger partial charge is 0.248 e. The van der Waals surface area contributed by atoms with Gasteiger partial charge in [0.1, 0.15) is 6.61 Å². The zero-order chi connectivity index (χ0) is 15.0. The van der Waals surface area contributed by atoms with Crippen molar-refractivity contribution in [2.24, 2.45) is 17.7 Å². The van der Waals surface area contributed by atoms with Crippen molar-refractivity contribution < 1.29 is 14.3 Å². The zero-order valence-corrected chi connectivity index (χ0v) is 12.6. The lowest BCUT2D eigenvalue weighted by Crippen LogP contribution is -2.45.